The van der Waals surface area contributed by atoms with Crippen molar-refractivity contribution in [3.05, 3.63) is 65.6 Å². The number of pyridine rings is 1. The minimum Gasteiger partial charge on any atom is -0.326 e. The van der Waals surface area contributed by atoms with Crippen LogP contribution in [0.15, 0.2) is 48.8 Å². The zero-order valence-corrected chi connectivity index (χ0v) is 12.1. The highest BCUT2D eigenvalue weighted by atomic mass is 16.1. The summed E-state index contributed by atoms with van der Waals surface area (Å²) in [5, 5.41) is 2.89. The van der Waals surface area contributed by atoms with Crippen LogP contribution >= 0.6 is 0 Å². The Bertz CT molecular complexity index is 787. The molecule has 0 bridgehead atoms. The van der Waals surface area contributed by atoms with Gasteiger partial charge in [0.1, 0.15) is 5.65 Å². The maximum Gasteiger partial charge on any atom is 0.230 e. The van der Waals surface area contributed by atoms with E-state index in [1.165, 1.54) is 5.56 Å². The van der Waals surface area contributed by atoms with Gasteiger partial charge in [0.2, 0.25) is 5.91 Å². The van der Waals surface area contributed by atoms with Crippen molar-refractivity contribution in [2.24, 2.45) is 0 Å². The highest BCUT2D eigenvalue weighted by Crippen LogP contribution is 2.12. The minimum atomic E-state index is -0.0556. The molecule has 4 heteroatoms. The summed E-state index contributed by atoms with van der Waals surface area (Å²) in [5.74, 6) is -0.0556. The van der Waals surface area contributed by atoms with Crippen LogP contribution in [0.25, 0.3) is 5.65 Å². The first-order valence-electron chi connectivity index (χ1n) is 6.91. The van der Waals surface area contributed by atoms with Gasteiger partial charge in [0.15, 0.2) is 0 Å². The van der Waals surface area contributed by atoms with E-state index < -0.39 is 0 Å². The van der Waals surface area contributed by atoms with Gasteiger partial charge in [0, 0.05) is 18.1 Å². The Morgan fingerprint density at radius 3 is 2.67 bits per heavy atom. The number of carbonyl (C=O) groups is 1. The van der Waals surface area contributed by atoms with Crippen LogP contribution in [0.3, 0.4) is 0 Å². The average Bonchev–Trinajstić information content (AvgIpc) is 2.85. The third kappa shape index (κ3) is 2.94. The molecule has 1 aromatic carbocycles. The molecule has 0 unspecified atom stereocenters. The van der Waals surface area contributed by atoms with E-state index in [4.69, 9.17) is 0 Å². The maximum absolute atomic E-state index is 12.1. The quantitative estimate of drug-likeness (QED) is 0.800. The van der Waals surface area contributed by atoms with Crippen molar-refractivity contribution in [2.75, 3.05) is 5.32 Å². The van der Waals surface area contributed by atoms with Crippen molar-refractivity contribution in [2.45, 2.75) is 20.3 Å². The summed E-state index contributed by atoms with van der Waals surface area (Å²) in [4.78, 5) is 16.6. The third-order valence-electron chi connectivity index (χ3n) is 3.40. The molecule has 3 rings (SSSR count). The third-order valence-corrected chi connectivity index (χ3v) is 3.40. The number of hydrogen-bond acceptors (Lipinski definition) is 2. The molecule has 4 nitrogen and oxygen atoms in total. The van der Waals surface area contributed by atoms with Crippen LogP contribution in [-0.2, 0) is 11.2 Å². The second-order valence-corrected chi connectivity index (χ2v) is 5.25. The highest BCUT2D eigenvalue weighted by molar-refractivity contribution is 5.92. The first-order valence-corrected chi connectivity index (χ1v) is 6.91. The van der Waals surface area contributed by atoms with Crippen LogP contribution in [-0.4, -0.2) is 15.3 Å². The predicted octanol–water partition coefficient (Wildman–Crippen LogP) is 3.13. The molecule has 1 N–H and O–H groups in total. The van der Waals surface area contributed by atoms with Crippen molar-refractivity contribution < 1.29 is 4.79 Å². The lowest BCUT2D eigenvalue weighted by molar-refractivity contribution is -0.115. The van der Waals surface area contributed by atoms with Crippen LogP contribution < -0.4 is 5.32 Å². The number of hydrogen-bond donors (Lipinski definition) is 1. The molecule has 2 heterocycles. The van der Waals surface area contributed by atoms with Gasteiger partial charge in [-0.15, -0.1) is 0 Å². The molecule has 0 saturated carbocycles. The van der Waals surface area contributed by atoms with Crippen molar-refractivity contribution in [1.82, 2.24) is 9.38 Å². The van der Waals surface area contributed by atoms with Crippen LogP contribution in [0, 0.1) is 13.8 Å². The number of nitrogens with zero attached hydrogens (tertiary/aromatic N) is 2. The molecular weight excluding hydrogens is 262 g/mol. The average molecular weight is 279 g/mol. The first-order chi connectivity index (χ1) is 10.1. The Hall–Kier alpha value is -2.62. The van der Waals surface area contributed by atoms with E-state index in [0.717, 1.165) is 22.6 Å². The zero-order valence-electron chi connectivity index (χ0n) is 12.1. The van der Waals surface area contributed by atoms with Crippen LogP contribution in [0.1, 0.15) is 16.8 Å². The van der Waals surface area contributed by atoms with Gasteiger partial charge >= 0.3 is 0 Å². The molecule has 2 aromatic heterocycles. The first kappa shape index (κ1) is 13.4. The van der Waals surface area contributed by atoms with Crippen molar-refractivity contribution in [3.63, 3.8) is 0 Å². The summed E-state index contributed by atoms with van der Waals surface area (Å²) >= 11 is 0. The van der Waals surface area contributed by atoms with Gasteiger partial charge in [0.25, 0.3) is 0 Å². The number of fused-ring (bicyclic) bond motifs is 1. The van der Waals surface area contributed by atoms with E-state index in [1.54, 1.807) is 0 Å². The fourth-order valence-electron chi connectivity index (χ4n) is 2.30. The van der Waals surface area contributed by atoms with Gasteiger partial charge in [0.05, 0.1) is 12.1 Å². The fraction of sp³-hybridized carbons (Fsp3) is 0.176. The van der Waals surface area contributed by atoms with Gasteiger partial charge in [-0.05, 0) is 37.6 Å². The maximum atomic E-state index is 12.1. The Kier molecular flexibility index (Phi) is 3.44. The van der Waals surface area contributed by atoms with Crippen LogP contribution in [0.2, 0.25) is 0 Å². The van der Waals surface area contributed by atoms with Gasteiger partial charge in [-0.2, -0.15) is 0 Å². The van der Waals surface area contributed by atoms with Gasteiger partial charge in [-0.1, -0.05) is 23.8 Å². The summed E-state index contributed by atoms with van der Waals surface area (Å²) in [5.41, 5.74) is 4.75. The Labute approximate surface area is 123 Å². The van der Waals surface area contributed by atoms with E-state index in [0.29, 0.717) is 0 Å². The van der Waals surface area contributed by atoms with Crippen LogP contribution in [0.5, 0.6) is 0 Å². The number of aryl methyl sites for hydroxylation is 2. The number of amides is 1. The number of anilines is 1. The molecule has 0 aliphatic carbocycles. The van der Waals surface area contributed by atoms with E-state index >= 15 is 0 Å². The SMILES string of the molecule is Cc1ccc(NC(=O)Cc2cn3cccc(C)c3n2)cc1. The fourth-order valence-corrected chi connectivity index (χ4v) is 2.30. The van der Waals surface area contributed by atoms with E-state index in [-0.39, 0.29) is 12.3 Å². The smallest absolute Gasteiger partial charge is 0.230 e. The minimum absolute atomic E-state index is 0.0556. The van der Waals surface area contributed by atoms with Crippen molar-refractivity contribution in [3.8, 4) is 0 Å². The summed E-state index contributed by atoms with van der Waals surface area (Å²) in [6.45, 7) is 4.03. The molecule has 0 saturated heterocycles. The Morgan fingerprint density at radius 1 is 1.19 bits per heavy atom. The molecule has 21 heavy (non-hydrogen) atoms. The summed E-state index contributed by atoms with van der Waals surface area (Å²) < 4.78 is 1.95. The molecule has 0 spiro atoms. The summed E-state index contributed by atoms with van der Waals surface area (Å²) in [6.07, 6.45) is 4.11. The summed E-state index contributed by atoms with van der Waals surface area (Å²) in [6, 6.07) is 11.7. The second-order valence-electron chi connectivity index (χ2n) is 5.25. The lowest BCUT2D eigenvalue weighted by Gasteiger charge is -2.04. The molecule has 0 radical (unpaired) electrons. The molecule has 3 aromatic rings. The number of imidazole rings is 1. The van der Waals surface area contributed by atoms with E-state index in [2.05, 4.69) is 10.3 Å². The topological polar surface area (TPSA) is 46.4 Å². The van der Waals surface area contributed by atoms with E-state index in [9.17, 15) is 4.79 Å². The number of nitrogens with one attached hydrogen (secondary N) is 1. The normalized spacial score (nSPS) is 10.8. The zero-order chi connectivity index (χ0) is 14.8. The predicted molar refractivity (Wildman–Crippen MR) is 83.4 cm³/mol. The van der Waals surface area contributed by atoms with Gasteiger partial charge in [-0.25, -0.2) is 4.98 Å². The molecule has 0 aliphatic heterocycles. The molecule has 0 fully saturated rings. The number of aromatic nitrogens is 2. The second kappa shape index (κ2) is 5.40. The van der Waals surface area contributed by atoms with Crippen molar-refractivity contribution >= 4 is 17.2 Å². The van der Waals surface area contributed by atoms with E-state index in [1.807, 2.05) is 67.0 Å². The Morgan fingerprint density at radius 2 is 1.95 bits per heavy atom. The molecule has 0 atom stereocenters. The molecule has 0 aliphatic rings. The molecule has 106 valence electrons. The standard InChI is InChI=1S/C17H17N3O/c1-12-5-7-14(8-6-12)18-16(21)10-15-11-20-9-3-4-13(2)17(20)19-15/h3-9,11H,10H2,1-2H3,(H,18,21). The summed E-state index contributed by atoms with van der Waals surface area (Å²) in [7, 11) is 0. The molecule has 1 amide bonds. The van der Waals surface area contributed by atoms with Gasteiger partial charge < -0.3 is 9.72 Å². The van der Waals surface area contributed by atoms with Crippen LogP contribution in [0.4, 0.5) is 5.69 Å². The lowest BCUT2D eigenvalue weighted by atomic mass is 10.2. The Balaban J connectivity index is 1.74. The molecular formula is C17H17N3O. The van der Waals surface area contributed by atoms with Crippen molar-refractivity contribution in [1.29, 1.82) is 0 Å². The lowest BCUT2D eigenvalue weighted by Crippen LogP contribution is -2.14. The number of carbonyl (C=O) groups excluding carboxylic acids is 1. The number of benzene rings is 1. The largest absolute Gasteiger partial charge is 0.326 e. The number of rotatable bonds is 3. The van der Waals surface area contributed by atoms with Gasteiger partial charge in [-0.3, -0.25) is 4.79 Å². The monoisotopic (exact) mass is 279 g/mol. The highest BCUT2D eigenvalue weighted by Gasteiger charge is 2.09.